The van der Waals surface area contributed by atoms with E-state index in [0.29, 0.717) is 15.8 Å². The third-order valence-corrected chi connectivity index (χ3v) is 8.07. The van der Waals surface area contributed by atoms with Crippen molar-refractivity contribution in [1.29, 1.82) is 0 Å². The first-order chi connectivity index (χ1) is 18.1. The molecule has 5 aromatic rings. The molecule has 0 fully saturated rings. The maximum atomic E-state index is 12.9. The van der Waals surface area contributed by atoms with Crippen molar-refractivity contribution in [3.05, 3.63) is 89.2 Å². The summed E-state index contributed by atoms with van der Waals surface area (Å²) in [6, 6.07) is 17.2. The number of pyridine rings is 1. The number of carbonyl (C=O) groups excluding carboxylic acids is 1. The Labute approximate surface area is 248 Å². The van der Waals surface area contributed by atoms with Gasteiger partial charge >= 0.3 is 29.6 Å². The number of H-pyrrole nitrogens is 1. The molecule has 1 N–H and O–H groups in total. The van der Waals surface area contributed by atoms with Crippen molar-refractivity contribution in [1.82, 2.24) is 29.0 Å². The maximum Gasteiger partial charge on any atom is 1.00 e. The van der Waals surface area contributed by atoms with Gasteiger partial charge in [-0.1, -0.05) is 29.8 Å². The second kappa shape index (κ2) is 11.3. The van der Waals surface area contributed by atoms with Crippen LogP contribution in [0.5, 0.6) is 0 Å². The number of sulfonamides is 1. The predicted octanol–water partition coefficient (Wildman–Crippen LogP) is 0.317. The van der Waals surface area contributed by atoms with Gasteiger partial charge in [0.05, 0.1) is 4.90 Å². The molecule has 10 nitrogen and oxygen atoms in total. The van der Waals surface area contributed by atoms with Crippen molar-refractivity contribution < 1.29 is 47.9 Å². The van der Waals surface area contributed by atoms with E-state index in [4.69, 9.17) is 9.97 Å². The minimum atomic E-state index is -4.25. The van der Waals surface area contributed by atoms with Crippen LogP contribution in [0.3, 0.4) is 0 Å². The number of carboxylic acid groups (broad SMARTS) is 1. The molecular formula is C27H25N6NaO4S. The third-order valence-electron chi connectivity index (χ3n) is 6.29. The van der Waals surface area contributed by atoms with E-state index in [-0.39, 0.29) is 47.4 Å². The summed E-state index contributed by atoms with van der Waals surface area (Å²) in [6.45, 7) is 5.46. The van der Waals surface area contributed by atoms with Crippen LogP contribution in [0.1, 0.15) is 22.4 Å². The number of imidazole rings is 1. The number of benzene rings is 2. The Kier molecular flexibility index (Phi) is 8.26. The number of hydrogen-bond acceptors (Lipinski definition) is 7. The molecule has 0 atom stereocenters. The number of carbonyl (C=O) groups is 1. The molecule has 0 unspecified atom stereocenters. The fraction of sp³-hybridized carbons (Fsp3) is 0.185. The van der Waals surface area contributed by atoms with Crippen LogP contribution >= 0.6 is 0 Å². The quantitative estimate of drug-likeness (QED) is 0.287. The average molecular weight is 553 g/mol. The summed E-state index contributed by atoms with van der Waals surface area (Å²) >= 11 is 0. The Hall–Kier alpha value is -3.51. The van der Waals surface area contributed by atoms with Crippen LogP contribution in [-0.4, -0.2) is 50.1 Å². The molecule has 194 valence electrons. The summed E-state index contributed by atoms with van der Waals surface area (Å²) in [5, 5.41) is 18.8. The summed E-state index contributed by atoms with van der Waals surface area (Å²) in [6.07, 6.45) is 0.0584. The van der Waals surface area contributed by atoms with Gasteiger partial charge in [0.2, 0.25) is 0 Å². The fourth-order valence-electron chi connectivity index (χ4n) is 4.36. The van der Waals surface area contributed by atoms with E-state index in [2.05, 4.69) is 10.2 Å². The number of nitrogens with zero attached hydrogens (tertiary/aromatic N) is 5. The van der Waals surface area contributed by atoms with E-state index in [1.165, 1.54) is 12.1 Å². The predicted molar refractivity (Wildman–Crippen MR) is 140 cm³/mol. The Morgan fingerprint density at radius 3 is 2.31 bits per heavy atom. The van der Waals surface area contributed by atoms with Gasteiger partial charge < -0.3 is 9.90 Å². The molecule has 12 heteroatoms. The minimum absolute atomic E-state index is 0. The Bertz CT molecular complexity index is 1730. The van der Waals surface area contributed by atoms with Crippen LogP contribution in [-0.2, 0) is 16.4 Å². The van der Waals surface area contributed by atoms with Crippen molar-refractivity contribution in [2.24, 2.45) is 0 Å². The van der Waals surface area contributed by atoms with Crippen molar-refractivity contribution in [2.75, 3.05) is 6.54 Å². The van der Waals surface area contributed by atoms with Crippen LogP contribution in [0, 0.1) is 20.8 Å². The van der Waals surface area contributed by atoms with Crippen LogP contribution in [0.4, 0.5) is 4.79 Å². The Morgan fingerprint density at radius 2 is 1.69 bits per heavy atom. The molecule has 0 radical (unpaired) electrons. The number of fused-ring (bicyclic) bond motifs is 1. The molecule has 0 aliphatic heterocycles. The molecule has 0 bridgehead atoms. The molecule has 1 amide bonds. The maximum absolute atomic E-state index is 12.9. The van der Waals surface area contributed by atoms with E-state index < -0.39 is 16.1 Å². The van der Waals surface area contributed by atoms with E-state index in [9.17, 15) is 18.3 Å². The minimum Gasteiger partial charge on any atom is -0.529 e. The zero-order valence-corrected chi connectivity index (χ0v) is 24.9. The zero-order chi connectivity index (χ0) is 27.0. The second-order valence-corrected chi connectivity index (χ2v) is 10.9. The smallest absolute Gasteiger partial charge is 0.529 e. The largest absolute Gasteiger partial charge is 1.00 e. The summed E-state index contributed by atoms with van der Waals surface area (Å²) in [5.74, 6) is 0.652. The molecule has 2 aromatic carbocycles. The SMILES string of the molecule is Cc1ccc(S(=O)(=O)N(CCc2ccc(-n3c(-c4ccn[nH]4)nc4c(C)cc(C)nc43)cc2)C(=O)[O-])cc1.[Na+]. The summed E-state index contributed by atoms with van der Waals surface area (Å²) < 4.78 is 28.2. The van der Waals surface area contributed by atoms with Gasteiger partial charge in [0, 0.05) is 24.1 Å². The van der Waals surface area contributed by atoms with Gasteiger partial charge in [0.15, 0.2) is 17.6 Å². The summed E-state index contributed by atoms with van der Waals surface area (Å²) in [4.78, 5) is 21.2. The topological polar surface area (TPSA) is 137 Å². The molecular weight excluding hydrogens is 527 g/mol. The molecule has 39 heavy (non-hydrogen) atoms. The van der Waals surface area contributed by atoms with E-state index in [1.54, 1.807) is 18.3 Å². The first-order valence-corrected chi connectivity index (χ1v) is 13.4. The number of rotatable bonds is 7. The van der Waals surface area contributed by atoms with Crippen LogP contribution in [0.15, 0.2) is 71.8 Å². The number of aromatic amines is 1. The van der Waals surface area contributed by atoms with Crippen molar-refractivity contribution >= 4 is 27.3 Å². The Morgan fingerprint density at radius 1 is 1.00 bits per heavy atom. The molecule has 0 saturated carbocycles. The second-order valence-electron chi connectivity index (χ2n) is 9.07. The molecule has 5 rings (SSSR count). The van der Waals surface area contributed by atoms with Crippen LogP contribution < -0.4 is 34.7 Å². The van der Waals surface area contributed by atoms with Gasteiger partial charge in [-0.05, 0) is 74.7 Å². The average Bonchev–Trinajstić information content (AvgIpc) is 3.53. The summed E-state index contributed by atoms with van der Waals surface area (Å²) in [5.41, 5.74) is 6.49. The number of amides is 1. The van der Waals surface area contributed by atoms with Crippen molar-refractivity contribution in [3.8, 4) is 17.2 Å². The molecule has 0 aliphatic rings. The molecule has 0 saturated heterocycles. The van der Waals surface area contributed by atoms with Gasteiger partial charge in [0.1, 0.15) is 11.2 Å². The number of aryl methyl sites for hydroxylation is 3. The van der Waals surface area contributed by atoms with Gasteiger partial charge in [-0.2, -0.15) is 5.10 Å². The third kappa shape index (κ3) is 5.62. The zero-order valence-electron chi connectivity index (χ0n) is 22.0. The van der Waals surface area contributed by atoms with E-state index in [1.807, 2.05) is 61.7 Å². The summed E-state index contributed by atoms with van der Waals surface area (Å²) in [7, 11) is -4.25. The van der Waals surface area contributed by atoms with Crippen molar-refractivity contribution in [2.45, 2.75) is 32.1 Å². The number of aromatic nitrogens is 5. The first-order valence-electron chi connectivity index (χ1n) is 11.9. The van der Waals surface area contributed by atoms with Crippen LogP contribution in [0.25, 0.3) is 28.4 Å². The van der Waals surface area contributed by atoms with Crippen molar-refractivity contribution in [3.63, 3.8) is 0 Å². The number of hydrogen-bond donors (Lipinski definition) is 1. The van der Waals surface area contributed by atoms with Gasteiger partial charge in [-0.3, -0.25) is 14.0 Å². The van der Waals surface area contributed by atoms with Gasteiger partial charge in [-0.15, -0.1) is 0 Å². The fourth-order valence-corrected chi connectivity index (χ4v) is 5.62. The van der Waals surface area contributed by atoms with E-state index >= 15 is 0 Å². The molecule has 0 aliphatic carbocycles. The van der Waals surface area contributed by atoms with Crippen LogP contribution in [0.2, 0.25) is 0 Å². The molecule has 3 aromatic heterocycles. The monoisotopic (exact) mass is 552 g/mol. The molecule has 3 heterocycles. The van der Waals surface area contributed by atoms with Gasteiger partial charge in [0.25, 0.3) is 10.0 Å². The van der Waals surface area contributed by atoms with Gasteiger partial charge in [-0.25, -0.2) is 18.4 Å². The normalized spacial score (nSPS) is 11.4. The standard InChI is InChI=1S/C27H26N6O4S.Na/c1-17-4-10-22(11-5-17)38(36,37)32(27(34)35)15-13-20-6-8-21(9-7-20)33-25(23-12-14-28-31-23)30-24-18(2)16-19(3)29-26(24)33;/h4-12,14,16H,13,15H2,1-3H3,(H,28,31)(H,34,35);/q;+1/p-1. The molecule has 0 spiro atoms. The first kappa shape index (κ1) is 28.5. The number of nitrogens with one attached hydrogen (secondary N) is 1. The Balaban J connectivity index is 0.00000353. The van der Waals surface area contributed by atoms with E-state index in [0.717, 1.165) is 39.3 Å².